The smallest absolute Gasteiger partial charge is 0.264 e. The Labute approximate surface area is 129 Å². The molecule has 0 heterocycles. The van der Waals surface area contributed by atoms with Crippen LogP contribution < -0.4 is 9.04 Å². The van der Waals surface area contributed by atoms with E-state index in [2.05, 4.69) is 6.58 Å². The van der Waals surface area contributed by atoms with E-state index in [1.807, 2.05) is 0 Å². The fourth-order valence-corrected chi connectivity index (χ4v) is 3.38. The lowest BCUT2D eigenvalue weighted by Gasteiger charge is -2.23. The monoisotopic (exact) mass is 321 g/mol. The Morgan fingerprint density at radius 3 is 2.23 bits per heavy atom. The molecule has 0 bridgehead atoms. The van der Waals surface area contributed by atoms with Crippen molar-refractivity contribution in [3.8, 4) is 5.75 Å². The summed E-state index contributed by atoms with van der Waals surface area (Å²) in [5.41, 5.74) is 0.372. The van der Waals surface area contributed by atoms with Crippen molar-refractivity contribution in [2.45, 2.75) is 4.90 Å². The van der Waals surface area contributed by atoms with Crippen LogP contribution in [-0.2, 0) is 10.0 Å². The van der Waals surface area contributed by atoms with Gasteiger partial charge in [0.25, 0.3) is 10.0 Å². The minimum Gasteiger partial charge on any atom is -0.497 e. The quantitative estimate of drug-likeness (QED) is 0.768. The van der Waals surface area contributed by atoms with Gasteiger partial charge >= 0.3 is 0 Å². The molecule has 4 nitrogen and oxygen atoms in total. The molecule has 0 aliphatic heterocycles. The maximum Gasteiger partial charge on any atom is 0.264 e. The van der Waals surface area contributed by atoms with Crippen molar-refractivity contribution in [1.82, 2.24) is 0 Å². The van der Waals surface area contributed by atoms with Crippen LogP contribution in [0.4, 0.5) is 10.1 Å². The van der Waals surface area contributed by atoms with Crippen molar-refractivity contribution in [2.24, 2.45) is 0 Å². The first kappa shape index (κ1) is 16.0. The zero-order valence-electron chi connectivity index (χ0n) is 12.1. The van der Waals surface area contributed by atoms with Gasteiger partial charge in [-0.1, -0.05) is 6.08 Å². The highest BCUT2D eigenvalue weighted by Crippen LogP contribution is 2.25. The summed E-state index contributed by atoms with van der Waals surface area (Å²) in [6.07, 6.45) is 1.48. The number of benzene rings is 2. The van der Waals surface area contributed by atoms with Gasteiger partial charge in [0, 0.05) is 0 Å². The first-order valence-electron chi connectivity index (χ1n) is 6.52. The molecule has 0 radical (unpaired) electrons. The van der Waals surface area contributed by atoms with E-state index in [-0.39, 0.29) is 11.4 Å². The Bertz CT molecular complexity index is 740. The summed E-state index contributed by atoms with van der Waals surface area (Å²) >= 11 is 0. The lowest BCUT2D eigenvalue weighted by atomic mass is 10.3. The number of anilines is 1. The highest BCUT2D eigenvalue weighted by atomic mass is 32.2. The fraction of sp³-hybridized carbons (Fsp3) is 0.125. The maximum absolute atomic E-state index is 13.0. The van der Waals surface area contributed by atoms with Gasteiger partial charge in [-0.25, -0.2) is 12.8 Å². The van der Waals surface area contributed by atoms with E-state index < -0.39 is 15.8 Å². The van der Waals surface area contributed by atoms with Crippen LogP contribution in [-0.4, -0.2) is 22.1 Å². The Balaban J connectivity index is 2.44. The van der Waals surface area contributed by atoms with Gasteiger partial charge in [-0.05, 0) is 48.5 Å². The highest BCUT2D eigenvalue weighted by Gasteiger charge is 2.24. The molecule has 22 heavy (non-hydrogen) atoms. The molecule has 2 rings (SSSR count). The summed E-state index contributed by atoms with van der Waals surface area (Å²) in [6.45, 7) is 3.66. The van der Waals surface area contributed by atoms with Crippen molar-refractivity contribution >= 4 is 15.7 Å². The number of halogens is 1. The third-order valence-corrected chi connectivity index (χ3v) is 4.87. The first-order chi connectivity index (χ1) is 10.5. The molecule has 6 heteroatoms. The third kappa shape index (κ3) is 3.28. The van der Waals surface area contributed by atoms with Crippen molar-refractivity contribution in [3.63, 3.8) is 0 Å². The van der Waals surface area contributed by atoms with Gasteiger partial charge in [0.05, 0.1) is 24.2 Å². The number of nitrogens with zero attached hydrogens (tertiary/aromatic N) is 1. The molecule has 0 spiro atoms. The number of rotatable bonds is 6. The van der Waals surface area contributed by atoms with Crippen LogP contribution in [0.2, 0.25) is 0 Å². The molecular weight excluding hydrogens is 305 g/mol. The van der Waals surface area contributed by atoms with E-state index in [1.165, 1.54) is 53.9 Å². The zero-order chi connectivity index (χ0) is 16.2. The minimum absolute atomic E-state index is 0.0833. The molecule has 0 aliphatic carbocycles. The van der Waals surface area contributed by atoms with Crippen molar-refractivity contribution < 1.29 is 17.5 Å². The Hall–Kier alpha value is -2.34. The summed E-state index contributed by atoms with van der Waals surface area (Å²) < 4.78 is 44.7. The van der Waals surface area contributed by atoms with E-state index >= 15 is 0 Å². The standard InChI is InChI=1S/C16H16FNO3S/c1-3-12-18(14-6-4-13(17)5-7-14)22(19,20)16-10-8-15(21-2)9-11-16/h3-11H,1,12H2,2H3. The van der Waals surface area contributed by atoms with E-state index in [0.717, 1.165) is 0 Å². The third-order valence-electron chi connectivity index (χ3n) is 3.06. The van der Waals surface area contributed by atoms with Crippen LogP contribution in [0.5, 0.6) is 5.75 Å². The second kappa shape index (κ2) is 6.62. The van der Waals surface area contributed by atoms with E-state index in [4.69, 9.17) is 4.74 Å². The Morgan fingerprint density at radius 2 is 1.73 bits per heavy atom. The number of hydrogen-bond donors (Lipinski definition) is 0. The molecule has 0 saturated heterocycles. The second-order valence-corrected chi connectivity index (χ2v) is 6.34. The number of methoxy groups -OCH3 is 1. The van der Waals surface area contributed by atoms with Crippen LogP contribution in [0.3, 0.4) is 0 Å². The molecule has 0 aliphatic rings. The summed E-state index contributed by atoms with van der Waals surface area (Å²) in [7, 11) is -2.26. The van der Waals surface area contributed by atoms with Gasteiger partial charge in [-0.3, -0.25) is 4.31 Å². The lowest BCUT2D eigenvalue weighted by Crippen LogP contribution is -2.31. The lowest BCUT2D eigenvalue weighted by molar-refractivity contribution is 0.414. The predicted molar refractivity (Wildman–Crippen MR) is 84.1 cm³/mol. The molecule has 0 atom stereocenters. The SMILES string of the molecule is C=CCN(c1ccc(F)cc1)S(=O)(=O)c1ccc(OC)cc1. The Kier molecular flexibility index (Phi) is 4.82. The molecule has 0 aromatic heterocycles. The molecule has 2 aromatic rings. The molecular formula is C16H16FNO3S. The summed E-state index contributed by atoms with van der Waals surface area (Å²) in [6, 6.07) is 11.3. The van der Waals surface area contributed by atoms with Gasteiger partial charge in [0.2, 0.25) is 0 Å². The largest absolute Gasteiger partial charge is 0.497 e. The van der Waals surface area contributed by atoms with E-state index in [9.17, 15) is 12.8 Å². The molecule has 0 saturated carbocycles. The van der Waals surface area contributed by atoms with E-state index in [0.29, 0.717) is 11.4 Å². The van der Waals surface area contributed by atoms with Crippen molar-refractivity contribution in [3.05, 3.63) is 67.0 Å². The van der Waals surface area contributed by atoms with Crippen LogP contribution in [0.15, 0.2) is 66.1 Å². The maximum atomic E-state index is 13.0. The van der Waals surface area contributed by atoms with Gasteiger partial charge < -0.3 is 4.74 Å². The zero-order valence-corrected chi connectivity index (χ0v) is 12.9. The van der Waals surface area contributed by atoms with E-state index in [1.54, 1.807) is 12.1 Å². The van der Waals surface area contributed by atoms with Gasteiger partial charge in [0.15, 0.2) is 0 Å². The first-order valence-corrected chi connectivity index (χ1v) is 7.96. The molecule has 0 fully saturated rings. The van der Waals surface area contributed by atoms with Gasteiger partial charge in [0.1, 0.15) is 11.6 Å². The average Bonchev–Trinajstić information content (AvgIpc) is 2.53. The second-order valence-electron chi connectivity index (χ2n) is 4.48. The molecule has 2 aromatic carbocycles. The topological polar surface area (TPSA) is 46.6 Å². The number of ether oxygens (including phenoxy) is 1. The van der Waals surface area contributed by atoms with Crippen LogP contribution >= 0.6 is 0 Å². The average molecular weight is 321 g/mol. The predicted octanol–water partition coefficient (Wildman–Crippen LogP) is 3.22. The van der Waals surface area contributed by atoms with Crippen molar-refractivity contribution in [1.29, 1.82) is 0 Å². The fourth-order valence-electron chi connectivity index (χ4n) is 1.94. The molecule has 0 unspecified atom stereocenters. The normalized spacial score (nSPS) is 11.0. The van der Waals surface area contributed by atoms with Crippen molar-refractivity contribution in [2.75, 3.05) is 18.0 Å². The molecule has 116 valence electrons. The summed E-state index contributed by atoms with van der Waals surface area (Å²) in [4.78, 5) is 0.125. The van der Waals surface area contributed by atoms with Gasteiger partial charge in [-0.15, -0.1) is 6.58 Å². The number of hydrogen-bond acceptors (Lipinski definition) is 3. The highest BCUT2D eigenvalue weighted by molar-refractivity contribution is 7.92. The van der Waals surface area contributed by atoms with Crippen LogP contribution in [0.1, 0.15) is 0 Å². The van der Waals surface area contributed by atoms with Gasteiger partial charge in [-0.2, -0.15) is 0 Å². The summed E-state index contributed by atoms with van der Waals surface area (Å²) in [5.74, 6) is 0.139. The number of sulfonamides is 1. The molecule has 0 N–H and O–H groups in total. The molecule has 0 amide bonds. The van der Waals surface area contributed by atoms with Crippen LogP contribution in [0, 0.1) is 5.82 Å². The minimum atomic E-state index is -3.77. The van der Waals surface area contributed by atoms with Crippen LogP contribution in [0.25, 0.3) is 0 Å². The summed E-state index contributed by atoms with van der Waals surface area (Å²) in [5, 5.41) is 0. The Morgan fingerprint density at radius 1 is 1.14 bits per heavy atom.